The Morgan fingerprint density at radius 1 is 1.60 bits per heavy atom. The van der Waals surface area contributed by atoms with E-state index in [1.807, 2.05) is 0 Å². The quantitative estimate of drug-likeness (QED) is 0.755. The molecule has 0 bridgehead atoms. The maximum atomic E-state index is 5.74. The number of nitrogens with two attached hydrogens (primary N) is 1. The second kappa shape index (κ2) is 5.20. The van der Waals surface area contributed by atoms with E-state index in [2.05, 4.69) is 22.8 Å². The zero-order valence-electron chi connectivity index (χ0n) is 9.03. The van der Waals surface area contributed by atoms with Crippen molar-refractivity contribution in [2.75, 3.05) is 5.73 Å². The van der Waals surface area contributed by atoms with Gasteiger partial charge in [0, 0.05) is 0 Å². The summed E-state index contributed by atoms with van der Waals surface area (Å²) in [5.41, 5.74) is 6.58. The monoisotopic (exact) mass is 205 g/mol. The van der Waals surface area contributed by atoms with Crippen LogP contribution in [0.1, 0.15) is 25.8 Å². The Hall–Kier alpha value is -1.76. The van der Waals surface area contributed by atoms with Crippen LogP contribution in [0, 0.1) is 12.3 Å². The molecule has 0 saturated carbocycles. The first-order valence-electron chi connectivity index (χ1n) is 4.91. The van der Waals surface area contributed by atoms with Crippen molar-refractivity contribution in [1.29, 1.82) is 0 Å². The fourth-order valence-corrected chi connectivity index (χ4v) is 1.20. The Balaban J connectivity index is 2.96. The molecule has 0 amide bonds. The largest absolute Gasteiger partial charge is 0.461 e. The fourth-order valence-electron chi connectivity index (χ4n) is 1.20. The van der Waals surface area contributed by atoms with Crippen molar-refractivity contribution < 1.29 is 4.74 Å². The molecule has 0 fully saturated rings. The summed E-state index contributed by atoms with van der Waals surface area (Å²) in [6.45, 7) is 3.84. The third-order valence-electron chi connectivity index (χ3n) is 1.96. The molecular formula is C11H15N3O. The van der Waals surface area contributed by atoms with Crippen molar-refractivity contribution in [3.63, 3.8) is 0 Å². The van der Waals surface area contributed by atoms with Gasteiger partial charge in [-0.25, -0.2) is 9.97 Å². The molecule has 1 unspecified atom stereocenters. The van der Waals surface area contributed by atoms with E-state index in [0.29, 0.717) is 11.7 Å². The predicted octanol–water partition coefficient (Wildman–Crippen LogP) is 1.41. The molecule has 0 spiro atoms. The van der Waals surface area contributed by atoms with Gasteiger partial charge in [0.05, 0.1) is 5.56 Å². The highest BCUT2D eigenvalue weighted by molar-refractivity contribution is 5.44. The van der Waals surface area contributed by atoms with Gasteiger partial charge in [-0.3, -0.25) is 0 Å². The van der Waals surface area contributed by atoms with Crippen LogP contribution in [-0.4, -0.2) is 16.1 Å². The van der Waals surface area contributed by atoms with Gasteiger partial charge in [0.25, 0.3) is 0 Å². The van der Waals surface area contributed by atoms with Crippen LogP contribution >= 0.6 is 0 Å². The number of nitrogens with zero attached hydrogens (tertiary/aromatic N) is 2. The van der Waals surface area contributed by atoms with Gasteiger partial charge in [0.2, 0.25) is 5.88 Å². The van der Waals surface area contributed by atoms with Crippen molar-refractivity contribution in [3.05, 3.63) is 11.9 Å². The molecule has 4 nitrogen and oxygen atoms in total. The molecule has 0 radical (unpaired) electrons. The molecule has 0 aliphatic heterocycles. The number of rotatable bonds is 4. The standard InChI is InChI=1S/C11H15N3O/c1-4-6-9-10(12)13-7-14-11(9)15-8(3)5-2/h2,7-8H,4,6H2,1,3H3,(H2,12,13,14). The number of hydrogen-bond acceptors (Lipinski definition) is 4. The number of anilines is 1. The lowest BCUT2D eigenvalue weighted by Gasteiger charge is -2.12. The van der Waals surface area contributed by atoms with Crippen LogP contribution in [0.3, 0.4) is 0 Å². The van der Waals surface area contributed by atoms with Crippen molar-refractivity contribution in [3.8, 4) is 18.2 Å². The Bertz CT molecular complexity index is 371. The van der Waals surface area contributed by atoms with Gasteiger partial charge in [-0.2, -0.15) is 0 Å². The number of hydrogen-bond donors (Lipinski definition) is 1. The molecule has 0 aliphatic rings. The van der Waals surface area contributed by atoms with E-state index < -0.39 is 0 Å². The van der Waals surface area contributed by atoms with E-state index in [-0.39, 0.29) is 6.10 Å². The zero-order chi connectivity index (χ0) is 11.3. The minimum absolute atomic E-state index is 0.310. The van der Waals surface area contributed by atoms with Crippen molar-refractivity contribution >= 4 is 5.82 Å². The highest BCUT2D eigenvalue weighted by Gasteiger charge is 2.11. The SMILES string of the molecule is C#CC(C)Oc1ncnc(N)c1CCC. The Labute approximate surface area is 89.9 Å². The average Bonchev–Trinajstić information content (AvgIpc) is 2.23. The van der Waals surface area contributed by atoms with Gasteiger partial charge in [-0.1, -0.05) is 19.3 Å². The third kappa shape index (κ3) is 2.84. The molecule has 0 aliphatic carbocycles. The zero-order valence-corrected chi connectivity index (χ0v) is 9.03. The van der Waals surface area contributed by atoms with Crippen molar-refractivity contribution in [2.45, 2.75) is 32.8 Å². The smallest absolute Gasteiger partial charge is 0.223 e. The highest BCUT2D eigenvalue weighted by atomic mass is 16.5. The summed E-state index contributed by atoms with van der Waals surface area (Å²) in [4.78, 5) is 7.96. The molecule has 1 heterocycles. The second-order valence-corrected chi connectivity index (χ2v) is 3.22. The number of terminal acetylenes is 1. The van der Waals surface area contributed by atoms with E-state index in [1.165, 1.54) is 6.33 Å². The summed E-state index contributed by atoms with van der Waals surface area (Å²) in [6.07, 6.45) is 8.05. The summed E-state index contributed by atoms with van der Waals surface area (Å²) >= 11 is 0. The van der Waals surface area contributed by atoms with Crippen LogP contribution in [0.2, 0.25) is 0 Å². The molecule has 1 atom stereocenters. The van der Waals surface area contributed by atoms with E-state index >= 15 is 0 Å². The first-order valence-corrected chi connectivity index (χ1v) is 4.91. The van der Waals surface area contributed by atoms with Crippen molar-refractivity contribution in [1.82, 2.24) is 9.97 Å². The van der Waals surface area contributed by atoms with Crippen LogP contribution in [0.5, 0.6) is 5.88 Å². The molecule has 15 heavy (non-hydrogen) atoms. The topological polar surface area (TPSA) is 61.0 Å². The summed E-state index contributed by atoms with van der Waals surface area (Å²) < 4.78 is 5.46. The van der Waals surface area contributed by atoms with E-state index in [9.17, 15) is 0 Å². The minimum atomic E-state index is -0.310. The fraction of sp³-hybridized carbons (Fsp3) is 0.455. The van der Waals surface area contributed by atoms with Gasteiger partial charge in [-0.15, -0.1) is 6.42 Å². The first kappa shape index (κ1) is 11.3. The van der Waals surface area contributed by atoms with Gasteiger partial charge >= 0.3 is 0 Å². The third-order valence-corrected chi connectivity index (χ3v) is 1.96. The van der Waals surface area contributed by atoms with E-state index in [0.717, 1.165) is 18.4 Å². The number of nitrogen functional groups attached to an aromatic ring is 1. The normalized spacial score (nSPS) is 11.8. The maximum absolute atomic E-state index is 5.74. The van der Waals surface area contributed by atoms with Crippen LogP contribution < -0.4 is 10.5 Å². The van der Waals surface area contributed by atoms with Crippen LogP contribution in [-0.2, 0) is 6.42 Å². The lowest BCUT2D eigenvalue weighted by molar-refractivity contribution is 0.264. The summed E-state index contributed by atoms with van der Waals surface area (Å²) in [5.74, 6) is 3.44. The van der Waals surface area contributed by atoms with Gasteiger partial charge in [-0.05, 0) is 13.3 Å². The minimum Gasteiger partial charge on any atom is -0.461 e. The second-order valence-electron chi connectivity index (χ2n) is 3.22. The van der Waals surface area contributed by atoms with Gasteiger partial charge in [0.15, 0.2) is 6.10 Å². The van der Waals surface area contributed by atoms with E-state index in [4.69, 9.17) is 16.9 Å². The molecule has 1 aromatic heterocycles. The van der Waals surface area contributed by atoms with Gasteiger partial charge in [0.1, 0.15) is 12.1 Å². The highest BCUT2D eigenvalue weighted by Crippen LogP contribution is 2.21. The van der Waals surface area contributed by atoms with Crippen LogP contribution in [0.15, 0.2) is 6.33 Å². The summed E-state index contributed by atoms with van der Waals surface area (Å²) in [5, 5.41) is 0. The Morgan fingerprint density at radius 2 is 2.33 bits per heavy atom. The first-order chi connectivity index (χ1) is 7.19. The van der Waals surface area contributed by atoms with E-state index in [1.54, 1.807) is 6.92 Å². The predicted molar refractivity (Wildman–Crippen MR) is 59.4 cm³/mol. The molecule has 0 aromatic carbocycles. The summed E-state index contributed by atoms with van der Waals surface area (Å²) in [7, 11) is 0. The van der Waals surface area contributed by atoms with Gasteiger partial charge < -0.3 is 10.5 Å². The Kier molecular flexibility index (Phi) is 3.92. The van der Waals surface area contributed by atoms with Crippen LogP contribution in [0.25, 0.3) is 0 Å². The lowest BCUT2D eigenvalue weighted by Crippen LogP contribution is -2.12. The maximum Gasteiger partial charge on any atom is 0.223 e. The molecular weight excluding hydrogens is 190 g/mol. The molecule has 0 saturated heterocycles. The average molecular weight is 205 g/mol. The number of aromatic nitrogens is 2. The molecule has 1 rings (SSSR count). The molecule has 4 heteroatoms. The molecule has 80 valence electrons. The number of ether oxygens (including phenoxy) is 1. The lowest BCUT2D eigenvalue weighted by atomic mass is 10.2. The Morgan fingerprint density at radius 3 is 2.93 bits per heavy atom. The van der Waals surface area contributed by atoms with Crippen LogP contribution in [0.4, 0.5) is 5.82 Å². The molecule has 1 aromatic rings. The van der Waals surface area contributed by atoms with Crippen molar-refractivity contribution in [2.24, 2.45) is 0 Å². The summed E-state index contributed by atoms with van der Waals surface area (Å²) in [6, 6.07) is 0. The molecule has 2 N–H and O–H groups in total.